The van der Waals surface area contributed by atoms with Crippen LogP contribution >= 0.6 is 0 Å². The second kappa shape index (κ2) is 4.09. The number of ether oxygens (including phenoxy) is 2. The van der Waals surface area contributed by atoms with E-state index in [0.717, 1.165) is 12.8 Å². The third-order valence-electron chi connectivity index (χ3n) is 1.62. The first kappa shape index (κ1) is 9.03. The van der Waals surface area contributed by atoms with Crippen LogP contribution in [-0.4, -0.2) is 24.6 Å². The lowest BCUT2D eigenvalue weighted by Crippen LogP contribution is -1.88. The zero-order valence-corrected chi connectivity index (χ0v) is 7.04. The van der Waals surface area contributed by atoms with Crippen LogP contribution < -0.4 is 0 Å². The molecule has 2 aliphatic rings. The van der Waals surface area contributed by atoms with Crippen molar-refractivity contribution in [1.29, 1.82) is 0 Å². The molecule has 0 bridgehead atoms. The molecule has 0 aliphatic carbocycles. The van der Waals surface area contributed by atoms with Crippen molar-refractivity contribution in [3.05, 3.63) is 0 Å². The van der Waals surface area contributed by atoms with E-state index in [1.54, 1.807) is 0 Å². The lowest BCUT2D eigenvalue weighted by Gasteiger charge is -1.81. The average molecular weight is 172 g/mol. The van der Waals surface area contributed by atoms with Crippen LogP contribution in [0.2, 0.25) is 0 Å². The summed E-state index contributed by atoms with van der Waals surface area (Å²) in [6, 6.07) is 0. The summed E-state index contributed by atoms with van der Waals surface area (Å²) in [5.41, 5.74) is 0. The molecule has 68 valence electrons. The highest BCUT2D eigenvalue weighted by atomic mass is 16.6. The SMILES string of the molecule is CCC1OC1=O.O=C1CCCO1. The summed E-state index contributed by atoms with van der Waals surface area (Å²) in [4.78, 5) is 19.9. The Morgan fingerprint density at radius 3 is 2.25 bits per heavy atom. The molecule has 12 heavy (non-hydrogen) atoms. The second-order valence-electron chi connectivity index (χ2n) is 2.66. The molecule has 0 spiro atoms. The molecule has 2 saturated heterocycles. The van der Waals surface area contributed by atoms with Gasteiger partial charge in [0.15, 0.2) is 6.10 Å². The Labute approximate surface area is 70.8 Å². The quantitative estimate of drug-likeness (QED) is 0.430. The molecule has 2 fully saturated rings. The largest absolute Gasteiger partial charge is 0.466 e. The molecule has 4 nitrogen and oxygen atoms in total. The van der Waals surface area contributed by atoms with Gasteiger partial charge in [-0.2, -0.15) is 0 Å². The number of rotatable bonds is 1. The zero-order chi connectivity index (χ0) is 8.97. The first-order chi connectivity index (χ1) is 5.74. The molecule has 2 rings (SSSR count). The summed E-state index contributed by atoms with van der Waals surface area (Å²) in [6.07, 6.45) is 2.34. The van der Waals surface area contributed by atoms with Crippen molar-refractivity contribution in [2.75, 3.05) is 6.61 Å². The van der Waals surface area contributed by atoms with E-state index in [9.17, 15) is 9.59 Å². The minimum Gasteiger partial charge on any atom is -0.466 e. The Balaban J connectivity index is 0.000000120. The molecule has 0 aromatic heterocycles. The number of hydrogen-bond donors (Lipinski definition) is 0. The Morgan fingerprint density at radius 2 is 2.17 bits per heavy atom. The Kier molecular flexibility index (Phi) is 3.08. The Bertz CT molecular complexity index is 179. The third kappa shape index (κ3) is 2.90. The van der Waals surface area contributed by atoms with Gasteiger partial charge in [0.05, 0.1) is 6.61 Å². The predicted molar refractivity (Wildman–Crippen MR) is 40.4 cm³/mol. The van der Waals surface area contributed by atoms with Crippen molar-refractivity contribution < 1.29 is 19.1 Å². The van der Waals surface area contributed by atoms with E-state index in [1.807, 2.05) is 6.92 Å². The van der Waals surface area contributed by atoms with E-state index in [1.165, 1.54) is 0 Å². The van der Waals surface area contributed by atoms with Gasteiger partial charge in [-0.25, -0.2) is 4.79 Å². The van der Waals surface area contributed by atoms with Gasteiger partial charge in [0.1, 0.15) is 0 Å². The van der Waals surface area contributed by atoms with Crippen molar-refractivity contribution in [3.63, 3.8) is 0 Å². The second-order valence-corrected chi connectivity index (χ2v) is 2.66. The Morgan fingerprint density at radius 1 is 1.50 bits per heavy atom. The summed E-state index contributed by atoms with van der Waals surface area (Å²) in [5.74, 6) is -0.0903. The van der Waals surface area contributed by atoms with Crippen molar-refractivity contribution in [2.24, 2.45) is 0 Å². The minimum atomic E-state index is -0.0463. The van der Waals surface area contributed by atoms with Crippen LogP contribution in [0.3, 0.4) is 0 Å². The number of cyclic esters (lactones) is 2. The lowest BCUT2D eigenvalue weighted by molar-refractivity contribution is -0.137. The summed E-state index contributed by atoms with van der Waals surface area (Å²) in [7, 11) is 0. The summed E-state index contributed by atoms with van der Waals surface area (Å²) >= 11 is 0. The fraction of sp³-hybridized carbons (Fsp3) is 0.750. The van der Waals surface area contributed by atoms with Gasteiger partial charge < -0.3 is 9.47 Å². The van der Waals surface area contributed by atoms with E-state index in [-0.39, 0.29) is 18.0 Å². The molecular formula is C8H12O4. The molecule has 2 aliphatic heterocycles. The van der Waals surface area contributed by atoms with Crippen LogP contribution in [0.15, 0.2) is 0 Å². The fourth-order valence-corrected chi connectivity index (χ4v) is 0.831. The van der Waals surface area contributed by atoms with Gasteiger partial charge in [-0.3, -0.25) is 4.79 Å². The normalized spacial score (nSPS) is 25.2. The smallest absolute Gasteiger partial charge is 0.348 e. The summed E-state index contributed by atoms with van der Waals surface area (Å²) in [5, 5.41) is 0. The molecule has 0 radical (unpaired) electrons. The highest BCUT2D eigenvalue weighted by Gasteiger charge is 2.35. The molecule has 0 N–H and O–H groups in total. The third-order valence-corrected chi connectivity index (χ3v) is 1.62. The molecule has 4 heteroatoms. The van der Waals surface area contributed by atoms with E-state index in [4.69, 9.17) is 0 Å². The van der Waals surface area contributed by atoms with Gasteiger partial charge in [-0.15, -0.1) is 0 Å². The van der Waals surface area contributed by atoms with Gasteiger partial charge in [-0.05, 0) is 12.8 Å². The minimum absolute atomic E-state index is 0.0370. The standard InChI is InChI=1S/2C4H6O2/c1-2-3-4(5)6-3;5-4-2-1-3-6-4/h3H,2H2,1H3;1-3H2. The molecule has 0 amide bonds. The van der Waals surface area contributed by atoms with Crippen molar-refractivity contribution in [1.82, 2.24) is 0 Å². The van der Waals surface area contributed by atoms with Crippen molar-refractivity contribution in [2.45, 2.75) is 32.3 Å². The van der Waals surface area contributed by atoms with Gasteiger partial charge in [0.25, 0.3) is 0 Å². The van der Waals surface area contributed by atoms with Crippen LogP contribution in [0.5, 0.6) is 0 Å². The summed E-state index contributed by atoms with van der Waals surface area (Å²) < 4.78 is 8.94. The maximum Gasteiger partial charge on any atom is 0.348 e. The number of epoxide rings is 1. The first-order valence-electron chi connectivity index (χ1n) is 4.10. The van der Waals surface area contributed by atoms with E-state index >= 15 is 0 Å². The maximum atomic E-state index is 10.0. The lowest BCUT2D eigenvalue weighted by atomic mass is 10.4. The number of carbonyl (C=O) groups is 2. The van der Waals surface area contributed by atoms with E-state index < -0.39 is 0 Å². The van der Waals surface area contributed by atoms with Gasteiger partial charge in [-0.1, -0.05) is 6.92 Å². The van der Waals surface area contributed by atoms with Crippen molar-refractivity contribution in [3.8, 4) is 0 Å². The van der Waals surface area contributed by atoms with Crippen LogP contribution in [0.1, 0.15) is 26.2 Å². The predicted octanol–water partition coefficient (Wildman–Crippen LogP) is 0.645. The maximum absolute atomic E-state index is 10.0. The number of carbonyl (C=O) groups excluding carboxylic acids is 2. The van der Waals surface area contributed by atoms with Crippen LogP contribution in [-0.2, 0) is 19.1 Å². The van der Waals surface area contributed by atoms with Crippen molar-refractivity contribution >= 4 is 11.9 Å². The van der Waals surface area contributed by atoms with Crippen LogP contribution in [0.25, 0.3) is 0 Å². The zero-order valence-electron chi connectivity index (χ0n) is 7.04. The number of hydrogen-bond acceptors (Lipinski definition) is 4. The average Bonchev–Trinajstić information content (AvgIpc) is 2.56. The molecule has 0 saturated carbocycles. The van der Waals surface area contributed by atoms with E-state index in [0.29, 0.717) is 13.0 Å². The van der Waals surface area contributed by atoms with E-state index in [2.05, 4.69) is 9.47 Å². The molecule has 0 aromatic rings. The molecule has 1 atom stereocenters. The molecule has 0 aromatic carbocycles. The van der Waals surface area contributed by atoms with Gasteiger partial charge >= 0.3 is 11.9 Å². The van der Waals surface area contributed by atoms with Gasteiger partial charge in [0, 0.05) is 6.42 Å². The van der Waals surface area contributed by atoms with Crippen LogP contribution in [0, 0.1) is 0 Å². The highest BCUT2D eigenvalue weighted by Crippen LogP contribution is 2.14. The Hall–Kier alpha value is -1.06. The molecule has 2 heterocycles. The summed E-state index contributed by atoms with van der Waals surface area (Å²) in [6.45, 7) is 2.56. The topological polar surface area (TPSA) is 55.9 Å². The van der Waals surface area contributed by atoms with Gasteiger partial charge in [0.2, 0.25) is 0 Å². The first-order valence-corrected chi connectivity index (χ1v) is 4.10. The fourth-order valence-electron chi connectivity index (χ4n) is 0.831. The molecule has 1 unspecified atom stereocenters. The highest BCUT2D eigenvalue weighted by molar-refractivity contribution is 5.87. The number of esters is 1. The van der Waals surface area contributed by atoms with Crippen LogP contribution in [0.4, 0.5) is 0 Å². The molecular weight excluding hydrogens is 160 g/mol. The monoisotopic (exact) mass is 172 g/mol.